The monoisotopic (exact) mass is 349 g/mol. The molecule has 0 fully saturated rings. The molecule has 0 aliphatic carbocycles. The molecule has 6 heteroatoms. The molecule has 134 valence electrons. The number of amides is 2. The Morgan fingerprint density at radius 3 is 2.81 bits per heavy atom. The van der Waals surface area contributed by atoms with Crippen molar-refractivity contribution in [2.45, 2.75) is 32.6 Å². The highest BCUT2D eigenvalue weighted by Crippen LogP contribution is 2.38. The van der Waals surface area contributed by atoms with Crippen LogP contribution in [0.3, 0.4) is 0 Å². The maximum absolute atomic E-state index is 12.8. The van der Waals surface area contributed by atoms with Crippen LogP contribution in [0.5, 0.6) is 0 Å². The molecule has 4 rings (SSSR count). The number of aromatic nitrogens is 2. The summed E-state index contributed by atoms with van der Waals surface area (Å²) >= 11 is 0. The van der Waals surface area contributed by atoms with Crippen molar-refractivity contribution in [2.24, 2.45) is 0 Å². The molecule has 26 heavy (non-hydrogen) atoms. The third kappa shape index (κ3) is 2.87. The molecule has 0 atom stereocenters. The van der Waals surface area contributed by atoms with Gasteiger partial charge in [0.05, 0.1) is 23.1 Å². The summed E-state index contributed by atoms with van der Waals surface area (Å²) in [6.45, 7) is 7.37. The third-order valence-corrected chi connectivity index (χ3v) is 4.78. The zero-order valence-corrected chi connectivity index (χ0v) is 15.2. The van der Waals surface area contributed by atoms with Gasteiger partial charge in [-0.1, -0.05) is 32.9 Å². The molecule has 2 aromatic carbocycles. The summed E-state index contributed by atoms with van der Waals surface area (Å²) in [5, 5.41) is 17.3. The molecule has 0 saturated heterocycles. The van der Waals surface area contributed by atoms with Gasteiger partial charge in [-0.15, -0.1) is 0 Å². The predicted molar refractivity (Wildman–Crippen MR) is 106 cm³/mol. The van der Waals surface area contributed by atoms with Crippen molar-refractivity contribution >= 4 is 34.0 Å². The quantitative estimate of drug-likeness (QED) is 0.551. The highest BCUT2D eigenvalue weighted by atomic mass is 16.2. The largest absolute Gasteiger partial charge is 0.384 e. The Morgan fingerprint density at radius 1 is 1.15 bits per heavy atom. The minimum Gasteiger partial charge on any atom is -0.384 e. The normalized spacial score (nSPS) is 13.3. The second-order valence-electron chi connectivity index (χ2n) is 7.66. The minimum absolute atomic E-state index is 0.0647. The zero-order chi connectivity index (χ0) is 18.3. The van der Waals surface area contributed by atoms with E-state index in [-0.39, 0.29) is 11.4 Å². The molecule has 3 aromatic rings. The predicted octanol–water partition coefficient (Wildman–Crippen LogP) is 4.47. The summed E-state index contributed by atoms with van der Waals surface area (Å²) < 4.78 is 0. The Hall–Kier alpha value is -3.02. The number of aromatic amines is 1. The molecule has 0 bridgehead atoms. The molecule has 1 aliphatic heterocycles. The number of H-pyrrole nitrogens is 1. The fourth-order valence-corrected chi connectivity index (χ4v) is 3.51. The van der Waals surface area contributed by atoms with Gasteiger partial charge in [-0.3, -0.25) is 5.10 Å². The van der Waals surface area contributed by atoms with E-state index >= 15 is 0 Å². The van der Waals surface area contributed by atoms with Crippen LogP contribution in [0, 0.1) is 0 Å². The summed E-state index contributed by atoms with van der Waals surface area (Å²) in [4.78, 5) is 12.8. The second kappa shape index (κ2) is 6.05. The van der Waals surface area contributed by atoms with E-state index in [4.69, 9.17) is 0 Å². The minimum atomic E-state index is -0.246. The maximum Gasteiger partial charge on any atom is 0.323 e. The Kier molecular flexibility index (Phi) is 3.83. The molecule has 0 unspecified atom stereocenters. The van der Waals surface area contributed by atoms with Gasteiger partial charge in [0.25, 0.3) is 0 Å². The Labute approximate surface area is 152 Å². The first-order valence-electron chi connectivity index (χ1n) is 8.84. The van der Waals surface area contributed by atoms with Gasteiger partial charge >= 0.3 is 6.03 Å². The summed E-state index contributed by atoms with van der Waals surface area (Å²) in [7, 11) is 0. The lowest BCUT2D eigenvalue weighted by molar-refractivity contribution is 0.262. The van der Waals surface area contributed by atoms with Crippen LogP contribution in [0.1, 0.15) is 31.9 Å². The number of benzene rings is 2. The van der Waals surface area contributed by atoms with Crippen LogP contribution in [0.4, 0.5) is 21.9 Å². The standard InChI is InChI=1S/C20H23N5O/c1-20(2,3)14-7-8-15-12(9-10-21-15)18(14)24-19(26)23-16-5-4-6-17-13(16)11-22-25-17/h4-8,11,21H,9-10H2,1-3H3,(H,22,25)(H2,23,24,26). The Balaban J connectivity index is 1.66. The molecular weight excluding hydrogens is 326 g/mol. The number of nitrogens with one attached hydrogen (secondary N) is 4. The first-order valence-corrected chi connectivity index (χ1v) is 8.84. The number of fused-ring (bicyclic) bond motifs is 2. The van der Waals surface area contributed by atoms with Crippen molar-refractivity contribution in [2.75, 3.05) is 22.5 Å². The summed E-state index contributed by atoms with van der Waals surface area (Å²) in [6.07, 6.45) is 2.63. The molecule has 4 N–H and O–H groups in total. The van der Waals surface area contributed by atoms with Crippen molar-refractivity contribution in [1.82, 2.24) is 10.2 Å². The zero-order valence-electron chi connectivity index (χ0n) is 15.2. The molecule has 1 aromatic heterocycles. The average Bonchev–Trinajstić information content (AvgIpc) is 3.23. The Morgan fingerprint density at radius 2 is 2.00 bits per heavy atom. The van der Waals surface area contributed by atoms with Gasteiger partial charge in [0, 0.05) is 23.2 Å². The average molecular weight is 349 g/mol. The molecule has 0 radical (unpaired) electrons. The molecular formula is C20H23N5O. The number of urea groups is 1. The van der Waals surface area contributed by atoms with E-state index in [9.17, 15) is 4.79 Å². The first kappa shape index (κ1) is 16.4. The van der Waals surface area contributed by atoms with Crippen LogP contribution >= 0.6 is 0 Å². The van der Waals surface area contributed by atoms with Gasteiger partial charge < -0.3 is 16.0 Å². The van der Waals surface area contributed by atoms with Crippen molar-refractivity contribution < 1.29 is 4.79 Å². The third-order valence-electron chi connectivity index (χ3n) is 4.78. The highest BCUT2D eigenvalue weighted by molar-refractivity contribution is 6.06. The first-order chi connectivity index (χ1) is 12.4. The summed E-state index contributed by atoms with van der Waals surface area (Å²) in [5.74, 6) is 0. The maximum atomic E-state index is 12.8. The number of carbonyl (C=O) groups excluding carboxylic acids is 1. The molecule has 6 nitrogen and oxygen atoms in total. The number of nitrogens with zero attached hydrogens (tertiary/aromatic N) is 1. The fourth-order valence-electron chi connectivity index (χ4n) is 3.51. The van der Waals surface area contributed by atoms with E-state index in [1.54, 1.807) is 6.20 Å². The van der Waals surface area contributed by atoms with Crippen LogP contribution in [0.25, 0.3) is 10.9 Å². The van der Waals surface area contributed by atoms with Crippen molar-refractivity contribution in [1.29, 1.82) is 0 Å². The molecule has 2 heterocycles. The summed E-state index contributed by atoms with van der Waals surface area (Å²) in [5.41, 5.74) is 5.89. The van der Waals surface area contributed by atoms with E-state index in [0.717, 1.165) is 46.5 Å². The number of anilines is 3. The van der Waals surface area contributed by atoms with E-state index in [0.29, 0.717) is 0 Å². The molecule has 2 amide bonds. The van der Waals surface area contributed by atoms with Gasteiger partial charge in [0.2, 0.25) is 0 Å². The molecule has 0 saturated carbocycles. The van der Waals surface area contributed by atoms with Crippen LogP contribution in [-0.2, 0) is 11.8 Å². The molecule has 0 spiro atoms. The van der Waals surface area contributed by atoms with Crippen LogP contribution in [0.15, 0.2) is 36.5 Å². The lowest BCUT2D eigenvalue weighted by Crippen LogP contribution is -2.24. The smallest absolute Gasteiger partial charge is 0.323 e. The topological polar surface area (TPSA) is 81.8 Å². The van der Waals surface area contributed by atoms with E-state index in [1.807, 2.05) is 18.2 Å². The van der Waals surface area contributed by atoms with Gasteiger partial charge in [-0.05, 0) is 35.6 Å². The van der Waals surface area contributed by atoms with E-state index in [2.05, 4.69) is 59.1 Å². The second-order valence-corrected chi connectivity index (χ2v) is 7.66. The van der Waals surface area contributed by atoms with Crippen LogP contribution in [-0.4, -0.2) is 22.8 Å². The van der Waals surface area contributed by atoms with Gasteiger partial charge in [-0.2, -0.15) is 5.10 Å². The van der Waals surface area contributed by atoms with Gasteiger partial charge in [-0.25, -0.2) is 4.79 Å². The van der Waals surface area contributed by atoms with Gasteiger partial charge in [0.1, 0.15) is 0 Å². The summed E-state index contributed by atoms with van der Waals surface area (Å²) in [6, 6.07) is 9.66. The lowest BCUT2D eigenvalue weighted by atomic mass is 9.84. The lowest BCUT2D eigenvalue weighted by Gasteiger charge is -2.25. The van der Waals surface area contributed by atoms with Crippen LogP contribution in [0.2, 0.25) is 0 Å². The van der Waals surface area contributed by atoms with E-state index in [1.165, 1.54) is 5.56 Å². The molecule has 1 aliphatic rings. The van der Waals surface area contributed by atoms with Crippen molar-refractivity contribution in [3.63, 3.8) is 0 Å². The van der Waals surface area contributed by atoms with Gasteiger partial charge in [0.15, 0.2) is 0 Å². The number of carbonyl (C=O) groups is 1. The number of hydrogen-bond donors (Lipinski definition) is 4. The van der Waals surface area contributed by atoms with Crippen LogP contribution < -0.4 is 16.0 Å². The highest BCUT2D eigenvalue weighted by Gasteiger charge is 2.25. The van der Waals surface area contributed by atoms with Crippen molar-refractivity contribution in [3.8, 4) is 0 Å². The van der Waals surface area contributed by atoms with E-state index < -0.39 is 0 Å². The SMILES string of the molecule is CC(C)(C)c1ccc2c(c1NC(=O)Nc1cccc3[nH]ncc13)CCN2. The fraction of sp³-hybridized carbons (Fsp3) is 0.300. The number of hydrogen-bond acceptors (Lipinski definition) is 3. The number of rotatable bonds is 2. The Bertz CT molecular complexity index is 984. The van der Waals surface area contributed by atoms with Crippen molar-refractivity contribution in [3.05, 3.63) is 47.7 Å².